The molecule has 0 aliphatic carbocycles. The Morgan fingerprint density at radius 1 is 0.952 bits per heavy atom. The largest absolute Gasteiger partial charge is 0.373 e. The first kappa shape index (κ1) is 13.6. The molecule has 0 aliphatic rings. The summed E-state index contributed by atoms with van der Waals surface area (Å²) in [6.45, 7) is 2.20. The van der Waals surface area contributed by atoms with Gasteiger partial charge in [-0.2, -0.15) is 0 Å². The molecule has 0 aliphatic heterocycles. The van der Waals surface area contributed by atoms with Gasteiger partial charge in [-0.25, -0.2) is 4.98 Å². The van der Waals surface area contributed by atoms with Crippen LogP contribution in [0.5, 0.6) is 0 Å². The van der Waals surface area contributed by atoms with Crippen molar-refractivity contribution in [3.05, 3.63) is 60.2 Å². The molecule has 1 aromatic heterocycles. The molecule has 1 N–H and O–H groups in total. The zero-order chi connectivity index (χ0) is 14.7. The van der Waals surface area contributed by atoms with Gasteiger partial charge in [0.2, 0.25) is 0 Å². The third kappa shape index (κ3) is 2.75. The highest BCUT2D eigenvalue weighted by molar-refractivity contribution is 5.86. The van der Waals surface area contributed by atoms with Crippen molar-refractivity contribution in [3.63, 3.8) is 0 Å². The molecule has 0 saturated heterocycles. The van der Waals surface area contributed by atoms with Crippen molar-refractivity contribution in [1.82, 2.24) is 4.98 Å². The molecule has 0 amide bonds. The molecule has 0 spiro atoms. The minimum absolute atomic E-state index is 0.997. The first-order chi connectivity index (χ1) is 10.3. The minimum atomic E-state index is 0.997. The van der Waals surface area contributed by atoms with Gasteiger partial charge >= 0.3 is 0 Å². The van der Waals surface area contributed by atoms with Crippen LogP contribution < -0.4 is 5.32 Å². The molecule has 0 saturated carbocycles. The van der Waals surface area contributed by atoms with E-state index in [1.165, 1.54) is 22.1 Å². The van der Waals surface area contributed by atoms with E-state index in [2.05, 4.69) is 60.8 Å². The lowest BCUT2D eigenvalue weighted by molar-refractivity contribution is 0.919. The van der Waals surface area contributed by atoms with E-state index in [-0.39, 0.29) is 0 Å². The molecular weight excluding hydrogens is 256 g/mol. The number of aromatic nitrogens is 1. The van der Waals surface area contributed by atoms with Crippen molar-refractivity contribution in [1.29, 1.82) is 0 Å². The average molecular weight is 276 g/mol. The van der Waals surface area contributed by atoms with Crippen LogP contribution in [0.15, 0.2) is 54.6 Å². The predicted octanol–water partition coefficient (Wildman–Crippen LogP) is 4.90. The highest BCUT2D eigenvalue weighted by Gasteiger charge is 2.06. The van der Waals surface area contributed by atoms with Crippen LogP contribution >= 0.6 is 0 Å². The Balaban J connectivity index is 2.12. The fraction of sp³-hybridized carbons (Fsp3) is 0.211. The Morgan fingerprint density at radius 3 is 2.48 bits per heavy atom. The van der Waals surface area contributed by atoms with Gasteiger partial charge in [0.25, 0.3) is 0 Å². The summed E-state index contributed by atoms with van der Waals surface area (Å²) in [5.74, 6) is 0.997. The highest BCUT2D eigenvalue weighted by Crippen LogP contribution is 2.27. The van der Waals surface area contributed by atoms with Crippen LogP contribution in [0, 0.1) is 0 Å². The van der Waals surface area contributed by atoms with Crippen LogP contribution in [0.4, 0.5) is 5.82 Å². The maximum absolute atomic E-state index is 4.74. The molecule has 21 heavy (non-hydrogen) atoms. The second-order valence-corrected chi connectivity index (χ2v) is 5.27. The quantitative estimate of drug-likeness (QED) is 0.733. The Bertz CT molecular complexity index is 748. The molecule has 2 heteroatoms. The van der Waals surface area contributed by atoms with E-state index in [9.17, 15) is 0 Å². The number of hydrogen-bond donors (Lipinski definition) is 1. The summed E-state index contributed by atoms with van der Waals surface area (Å²) in [5, 5.41) is 4.41. The fourth-order valence-corrected chi connectivity index (χ4v) is 2.71. The number of aryl methyl sites for hydroxylation is 1. The molecule has 0 radical (unpaired) electrons. The van der Waals surface area contributed by atoms with Gasteiger partial charge in [-0.15, -0.1) is 0 Å². The molecule has 3 rings (SSSR count). The number of benzene rings is 2. The smallest absolute Gasteiger partial charge is 0.129 e. The normalized spacial score (nSPS) is 10.8. The third-order valence-corrected chi connectivity index (χ3v) is 3.76. The Labute approximate surface area is 125 Å². The second kappa shape index (κ2) is 5.96. The second-order valence-electron chi connectivity index (χ2n) is 5.27. The Kier molecular flexibility index (Phi) is 3.87. The lowest BCUT2D eigenvalue weighted by atomic mass is 10.0. The summed E-state index contributed by atoms with van der Waals surface area (Å²) in [6.07, 6.45) is 2.18. The van der Waals surface area contributed by atoms with Crippen molar-refractivity contribution in [2.45, 2.75) is 19.8 Å². The van der Waals surface area contributed by atoms with Crippen LogP contribution in [0.25, 0.3) is 22.0 Å². The van der Waals surface area contributed by atoms with Gasteiger partial charge in [0.1, 0.15) is 5.82 Å². The summed E-state index contributed by atoms with van der Waals surface area (Å²) < 4.78 is 0. The number of rotatable bonds is 4. The zero-order valence-electron chi connectivity index (χ0n) is 12.6. The summed E-state index contributed by atoms with van der Waals surface area (Å²) in [4.78, 5) is 4.74. The fourth-order valence-electron chi connectivity index (χ4n) is 2.71. The van der Waals surface area contributed by atoms with Gasteiger partial charge in [-0.05, 0) is 41.3 Å². The predicted molar refractivity (Wildman–Crippen MR) is 90.7 cm³/mol. The lowest BCUT2D eigenvalue weighted by Crippen LogP contribution is -1.99. The zero-order valence-corrected chi connectivity index (χ0v) is 12.6. The molecule has 0 atom stereocenters. The van der Waals surface area contributed by atoms with Crippen LogP contribution in [0.2, 0.25) is 0 Å². The SMILES string of the molecule is CCCc1cc2cc(-c3ccccc3)ccc2nc1NC. The van der Waals surface area contributed by atoms with E-state index in [1.807, 2.05) is 13.1 Å². The maximum Gasteiger partial charge on any atom is 0.129 e. The van der Waals surface area contributed by atoms with E-state index in [0.717, 1.165) is 24.2 Å². The molecule has 1 heterocycles. The van der Waals surface area contributed by atoms with Crippen LogP contribution in [-0.2, 0) is 6.42 Å². The number of nitrogens with zero attached hydrogens (tertiary/aromatic N) is 1. The van der Waals surface area contributed by atoms with E-state index >= 15 is 0 Å². The molecule has 2 nitrogen and oxygen atoms in total. The van der Waals surface area contributed by atoms with Crippen molar-refractivity contribution in [2.24, 2.45) is 0 Å². The summed E-state index contributed by atoms with van der Waals surface area (Å²) in [5.41, 5.74) is 4.82. The topological polar surface area (TPSA) is 24.9 Å². The van der Waals surface area contributed by atoms with E-state index in [4.69, 9.17) is 4.98 Å². The monoisotopic (exact) mass is 276 g/mol. The van der Waals surface area contributed by atoms with Crippen molar-refractivity contribution < 1.29 is 0 Å². The summed E-state index contributed by atoms with van der Waals surface area (Å²) in [7, 11) is 1.94. The van der Waals surface area contributed by atoms with Gasteiger partial charge < -0.3 is 5.32 Å². The maximum atomic E-state index is 4.74. The van der Waals surface area contributed by atoms with E-state index < -0.39 is 0 Å². The van der Waals surface area contributed by atoms with Gasteiger partial charge in [0, 0.05) is 12.4 Å². The molecule has 0 bridgehead atoms. The average Bonchev–Trinajstić information content (AvgIpc) is 2.55. The number of anilines is 1. The molecular formula is C19H20N2. The number of hydrogen-bond acceptors (Lipinski definition) is 2. The molecule has 3 aromatic rings. The standard InChI is InChI=1S/C19H20N2/c1-3-7-16-13-17-12-15(14-8-5-4-6-9-14)10-11-18(17)21-19(16)20-2/h4-6,8-13H,3,7H2,1-2H3,(H,20,21). The van der Waals surface area contributed by atoms with Gasteiger partial charge in [-0.1, -0.05) is 49.7 Å². The van der Waals surface area contributed by atoms with Gasteiger partial charge in [0.05, 0.1) is 5.52 Å². The van der Waals surface area contributed by atoms with Crippen LogP contribution in [0.1, 0.15) is 18.9 Å². The first-order valence-corrected chi connectivity index (χ1v) is 7.48. The summed E-state index contributed by atoms with van der Waals surface area (Å²) >= 11 is 0. The summed E-state index contributed by atoms with van der Waals surface area (Å²) in [6, 6.07) is 19.2. The third-order valence-electron chi connectivity index (χ3n) is 3.76. The van der Waals surface area contributed by atoms with E-state index in [0.29, 0.717) is 0 Å². The Hall–Kier alpha value is -2.35. The lowest BCUT2D eigenvalue weighted by Gasteiger charge is -2.10. The molecule has 106 valence electrons. The van der Waals surface area contributed by atoms with Crippen molar-refractivity contribution in [2.75, 3.05) is 12.4 Å². The molecule has 2 aromatic carbocycles. The number of fused-ring (bicyclic) bond motifs is 1. The van der Waals surface area contributed by atoms with Crippen molar-refractivity contribution >= 4 is 16.7 Å². The molecule has 0 fully saturated rings. The van der Waals surface area contributed by atoms with Crippen molar-refractivity contribution in [3.8, 4) is 11.1 Å². The highest BCUT2D eigenvalue weighted by atomic mass is 15.0. The van der Waals surface area contributed by atoms with Crippen LogP contribution in [-0.4, -0.2) is 12.0 Å². The Morgan fingerprint density at radius 2 is 1.76 bits per heavy atom. The first-order valence-electron chi connectivity index (χ1n) is 7.48. The minimum Gasteiger partial charge on any atom is -0.373 e. The van der Waals surface area contributed by atoms with Gasteiger partial charge in [-0.3, -0.25) is 0 Å². The molecule has 0 unspecified atom stereocenters. The van der Waals surface area contributed by atoms with Crippen LogP contribution in [0.3, 0.4) is 0 Å². The number of pyridine rings is 1. The number of nitrogens with one attached hydrogen (secondary N) is 1. The van der Waals surface area contributed by atoms with E-state index in [1.54, 1.807) is 0 Å². The van der Waals surface area contributed by atoms with Gasteiger partial charge in [0.15, 0.2) is 0 Å².